The molecule has 5 rings (SSSR count). The number of halogens is 3. The number of likely N-dealkylation sites (tertiary alicyclic amines) is 1. The minimum Gasteiger partial charge on any atom is -0.341 e. The predicted octanol–water partition coefficient (Wildman–Crippen LogP) is 4.10. The van der Waals surface area contributed by atoms with Crippen LogP contribution in [0.25, 0.3) is 10.9 Å². The minimum absolute atomic E-state index is 0.137. The average Bonchev–Trinajstić information content (AvgIpc) is 3.48. The molecule has 1 atom stereocenters. The number of rotatable bonds is 5. The van der Waals surface area contributed by atoms with Crippen LogP contribution in [-0.2, 0) is 15.8 Å². The Morgan fingerprint density at radius 1 is 1.07 bits per heavy atom. The Morgan fingerprint density at radius 3 is 2.40 bits per heavy atom. The molecule has 222 valence electrons. The van der Waals surface area contributed by atoms with Crippen LogP contribution >= 0.6 is 0 Å². The number of carbonyl (C=O) groups excluding carboxylic acids is 4. The van der Waals surface area contributed by atoms with Gasteiger partial charge in [0.2, 0.25) is 5.91 Å². The normalized spacial score (nSPS) is 18.0. The first-order valence-electron chi connectivity index (χ1n) is 13.6. The Bertz CT molecular complexity index is 1570. The first-order valence-corrected chi connectivity index (χ1v) is 13.6. The molecule has 2 aromatic carbocycles. The number of aryl methyl sites for hydroxylation is 1. The summed E-state index contributed by atoms with van der Waals surface area (Å²) in [7, 11) is 1.43. The molecule has 0 saturated carbocycles. The number of H-pyrrole nitrogens is 1. The van der Waals surface area contributed by atoms with Gasteiger partial charge < -0.3 is 10.2 Å². The number of urea groups is 1. The molecule has 0 bridgehead atoms. The lowest BCUT2D eigenvalue weighted by molar-refractivity contribution is -0.139. The third kappa shape index (κ3) is 4.86. The van der Waals surface area contributed by atoms with Gasteiger partial charge in [-0.2, -0.15) is 18.3 Å². The summed E-state index contributed by atoms with van der Waals surface area (Å²) in [6.07, 6.45) is -2.66. The SMILES string of the molecule is Cc1ccc(C(F)(F)F)cc1C(=O)NC(C(=O)N1CCC2(CC1)C(=O)N(C)C(=O)N2c1ccc2[nH]ncc2c1)C(C)C. The molecule has 1 aromatic heterocycles. The molecule has 10 nitrogen and oxygen atoms in total. The number of amides is 5. The lowest BCUT2D eigenvalue weighted by Gasteiger charge is -2.43. The number of anilines is 1. The van der Waals surface area contributed by atoms with Gasteiger partial charge in [0, 0.05) is 36.8 Å². The van der Waals surface area contributed by atoms with Gasteiger partial charge in [0.05, 0.1) is 17.3 Å². The lowest BCUT2D eigenvalue weighted by Crippen LogP contribution is -2.60. The van der Waals surface area contributed by atoms with Gasteiger partial charge in [-0.15, -0.1) is 0 Å². The van der Waals surface area contributed by atoms with E-state index in [1.165, 1.54) is 29.8 Å². The van der Waals surface area contributed by atoms with Gasteiger partial charge in [0.15, 0.2) is 0 Å². The molecule has 2 saturated heterocycles. The summed E-state index contributed by atoms with van der Waals surface area (Å²) in [5.74, 6) is -1.92. The van der Waals surface area contributed by atoms with Crippen molar-refractivity contribution in [3.63, 3.8) is 0 Å². The number of benzene rings is 2. The Kier molecular flexibility index (Phi) is 7.23. The van der Waals surface area contributed by atoms with Crippen LogP contribution < -0.4 is 10.2 Å². The number of alkyl halides is 3. The van der Waals surface area contributed by atoms with Crippen molar-refractivity contribution in [1.29, 1.82) is 0 Å². The zero-order valence-electron chi connectivity index (χ0n) is 23.6. The highest BCUT2D eigenvalue weighted by molar-refractivity contribution is 6.17. The molecular weight excluding hydrogens is 553 g/mol. The van der Waals surface area contributed by atoms with E-state index in [1.54, 1.807) is 38.2 Å². The molecule has 13 heteroatoms. The molecule has 0 radical (unpaired) electrons. The highest BCUT2D eigenvalue weighted by atomic mass is 19.4. The van der Waals surface area contributed by atoms with Crippen molar-refractivity contribution in [2.75, 3.05) is 25.0 Å². The number of hydrogen-bond donors (Lipinski definition) is 2. The number of piperidine rings is 1. The minimum atomic E-state index is -4.62. The van der Waals surface area contributed by atoms with Crippen molar-refractivity contribution in [1.82, 2.24) is 25.3 Å². The van der Waals surface area contributed by atoms with Crippen LogP contribution in [0.5, 0.6) is 0 Å². The van der Waals surface area contributed by atoms with Gasteiger partial charge in [0.25, 0.3) is 11.8 Å². The quantitative estimate of drug-likeness (QED) is 0.438. The summed E-state index contributed by atoms with van der Waals surface area (Å²) in [5, 5.41) is 10.3. The van der Waals surface area contributed by atoms with E-state index < -0.39 is 41.2 Å². The molecule has 1 spiro atoms. The maximum atomic E-state index is 13.6. The second-order valence-electron chi connectivity index (χ2n) is 11.2. The first-order chi connectivity index (χ1) is 19.7. The van der Waals surface area contributed by atoms with Crippen LogP contribution in [-0.4, -0.2) is 75.5 Å². The fraction of sp³-hybridized carbons (Fsp3) is 0.414. The molecule has 2 fully saturated rings. The van der Waals surface area contributed by atoms with Crippen LogP contribution in [0, 0.1) is 12.8 Å². The number of nitrogens with one attached hydrogen (secondary N) is 2. The number of fused-ring (bicyclic) bond motifs is 1. The monoisotopic (exact) mass is 584 g/mol. The number of nitrogens with zero attached hydrogens (tertiary/aromatic N) is 4. The molecule has 1 unspecified atom stereocenters. The van der Waals surface area contributed by atoms with Crippen molar-refractivity contribution in [3.8, 4) is 0 Å². The number of carbonyl (C=O) groups is 4. The third-order valence-corrected chi connectivity index (χ3v) is 8.22. The molecule has 5 amide bonds. The highest BCUT2D eigenvalue weighted by Crippen LogP contribution is 2.41. The largest absolute Gasteiger partial charge is 0.416 e. The number of hydrogen-bond acceptors (Lipinski definition) is 5. The number of likely N-dealkylation sites (N-methyl/N-ethyl adjacent to an activating group) is 1. The number of aromatic nitrogens is 2. The van der Waals surface area contributed by atoms with Crippen molar-refractivity contribution in [3.05, 3.63) is 59.3 Å². The van der Waals surface area contributed by atoms with Crippen LogP contribution in [0.2, 0.25) is 0 Å². The lowest BCUT2D eigenvalue weighted by atomic mass is 9.85. The first kappa shape index (κ1) is 29.1. The standard InChI is InChI=1S/C29H31F3N6O4/c1-16(2)23(34-24(39)21-14-19(29(30,31)32)6-5-17(21)3)25(40)37-11-9-28(10-12-37)26(41)36(4)27(42)38(28)20-7-8-22-18(13-20)15-33-35-22/h5-8,13-16,23H,9-12H2,1-4H3,(H,33,35)(H,34,39). The van der Waals surface area contributed by atoms with Gasteiger partial charge in [-0.05, 0) is 61.6 Å². The topological polar surface area (TPSA) is 119 Å². The number of aromatic amines is 1. The van der Waals surface area contributed by atoms with E-state index in [0.717, 1.165) is 27.9 Å². The summed E-state index contributed by atoms with van der Waals surface area (Å²) in [6, 6.07) is 6.74. The summed E-state index contributed by atoms with van der Waals surface area (Å²) in [5.41, 5.74) is -0.644. The third-order valence-electron chi connectivity index (χ3n) is 8.22. The number of imide groups is 1. The van der Waals surface area contributed by atoms with Crippen molar-refractivity contribution in [2.45, 2.75) is 51.4 Å². The molecule has 0 aliphatic carbocycles. The summed E-state index contributed by atoms with van der Waals surface area (Å²) >= 11 is 0. The molecular formula is C29H31F3N6O4. The Hall–Kier alpha value is -4.42. The smallest absolute Gasteiger partial charge is 0.341 e. The van der Waals surface area contributed by atoms with E-state index >= 15 is 0 Å². The Morgan fingerprint density at radius 2 is 1.76 bits per heavy atom. The van der Waals surface area contributed by atoms with Gasteiger partial charge in [-0.25, -0.2) is 4.79 Å². The van der Waals surface area contributed by atoms with E-state index in [4.69, 9.17) is 0 Å². The second kappa shape index (κ2) is 10.4. The van der Waals surface area contributed by atoms with E-state index in [-0.39, 0.29) is 43.3 Å². The van der Waals surface area contributed by atoms with Gasteiger partial charge in [-0.1, -0.05) is 19.9 Å². The maximum absolute atomic E-state index is 13.6. The Balaban J connectivity index is 1.35. The maximum Gasteiger partial charge on any atom is 0.416 e. The van der Waals surface area contributed by atoms with E-state index in [0.29, 0.717) is 11.3 Å². The van der Waals surface area contributed by atoms with E-state index in [9.17, 15) is 32.3 Å². The molecule has 2 aliphatic heterocycles. The predicted molar refractivity (Wildman–Crippen MR) is 148 cm³/mol. The highest BCUT2D eigenvalue weighted by Gasteiger charge is 2.58. The summed E-state index contributed by atoms with van der Waals surface area (Å²) < 4.78 is 39.8. The van der Waals surface area contributed by atoms with Crippen molar-refractivity contribution in [2.24, 2.45) is 5.92 Å². The van der Waals surface area contributed by atoms with E-state index in [2.05, 4.69) is 15.5 Å². The summed E-state index contributed by atoms with van der Waals surface area (Å²) in [4.78, 5) is 57.5. The van der Waals surface area contributed by atoms with Crippen LogP contribution in [0.4, 0.5) is 23.7 Å². The van der Waals surface area contributed by atoms with Gasteiger partial charge >= 0.3 is 12.2 Å². The van der Waals surface area contributed by atoms with E-state index in [1.807, 2.05) is 0 Å². The Labute approximate surface area is 239 Å². The fourth-order valence-corrected chi connectivity index (χ4v) is 5.76. The van der Waals surface area contributed by atoms with Crippen molar-refractivity contribution >= 4 is 40.3 Å². The van der Waals surface area contributed by atoms with Gasteiger partial charge in [0.1, 0.15) is 11.6 Å². The second-order valence-corrected chi connectivity index (χ2v) is 11.2. The van der Waals surface area contributed by atoms with Crippen LogP contribution in [0.1, 0.15) is 48.2 Å². The summed E-state index contributed by atoms with van der Waals surface area (Å²) in [6.45, 7) is 5.26. The molecule has 2 N–H and O–H groups in total. The van der Waals surface area contributed by atoms with Crippen LogP contribution in [0.3, 0.4) is 0 Å². The zero-order valence-corrected chi connectivity index (χ0v) is 23.6. The van der Waals surface area contributed by atoms with Gasteiger partial charge in [-0.3, -0.25) is 29.3 Å². The van der Waals surface area contributed by atoms with Crippen molar-refractivity contribution < 1.29 is 32.3 Å². The average molecular weight is 585 g/mol. The molecule has 3 heterocycles. The molecule has 42 heavy (non-hydrogen) atoms. The molecule has 2 aliphatic rings. The zero-order chi connectivity index (χ0) is 30.6. The molecule has 3 aromatic rings. The fourth-order valence-electron chi connectivity index (χ4n) is 5.76. The van der Waals surface area contributed by atoms with Crippen LogP contribution in [0.15, 0.2) is 42.6 Å².